The molecule has 20 heteroatoms. The van der Waals surface area contributed by atoms with E-state index in [-0.39, 0.29) is 37.5 Å². The van der Waals surface area contributed by atoms with Crippen LogP contribution in [0.1, 0.15) is 58.7 Å². The first-order valence-electron chi connectivity index (χ1n) is 18.6. The summed E-state index contributed by atoms with van der Waals surface area (Å²) in [5, 5.41) is 53.5. The van der Waals surface area contributed by atoms with Crippen LogP contribution in [0.2, 0.25) is 0 Å². The molecule has 2 aromatic rings. The van der Waals surface area contributed by atoms with E-state index >= 15 is 0 Å². The highest BCUT2D eigenvalue weighted by atomic mass is 16.4. The van der Waals surface area contributed by atoms with Gasteiger partial charge in [0.05, 0.1) is 25.6 Å². The molecule has 0 saturated heterocycles. The minimum Gasteiger partial charge on any atom is -0.480 e. The van der Waals surface area contributed by atoms with Crippen LogP contribution in [-0.2, 0) is 46.4 Å². The number of nitrogens with one attached hydrogen (secondary N) is 7. The first kappa shape index (κ1) is 47.7. The summed E-state index contributed by atoms with van der Waals surface area (Å²) < 4.78 is 0. The molecule has 57 heavy (non-hydrogen) atoms. The highest BCUT2D eigenvalue weighted by Gasteiger charge is 2.34. The van der Waals surface area contributed by atoms with Crippen molar-refractivity contribution < 1.29 is 54.0 Å². The van der Waals surface area contributed by atoms with Crippen molar-refractivity contribution in [2.45, 2.75) is 109 Å². The maximum atomic E-state index is 13.8. The van der Waals surface area contributed by atoms with E-state index in [2.05, 4.69) is 41.9 Å². The Morgan fingerprint density at radius 1 is 0.632 bits per heavy atom. The lowest BCUT2D eigenvalue weighted by Crippen LogP contribution is -2.61. The molecule has 8 unspecified atom stereocenters. The van der Waals surface area contributed by atoms with Crippen LogP contribution in [-0.4, -0.2) is 133 Å². The first-order valence-corrected chi connectivity index (χ1v) is 18.6. The molecule has 13 N–H and O–H groups in total. The van der Waals surface area contributed by atoms with Crippen LogP contribution in [0.3, 0.4) is 0 Å². The van der Waals surface area contributed by atoms with Crippen LogP contribution in [0, 0.1) is 11.8 Å². The number of aromatic nitrogens is 2. The van der Waals surface area contributed by atoms with Gasteiger partial charge in [-0.1, -0.05) is 58.0 Å². The molecular formula is C37H57N9O11. The molecule has 0 saturated carbocycles. The summed E-state index contributed by atoms with van der Waals surface area (Å²) in [6.07, 6.45) is 1.51. The van der Waals surface area contributed by atoms with Crippen molar-refractivity contribution in [3.8, 4) is 0 Å². The van der Waals surface area contributed by atoms with Crippen molar-refractivity contribution in [3.05, 3.63) is 54.1 Å². The van der Waals surface area contributed by atoms with Gasteiger partial charge in [-0.05, 0) is 37.2 Å². The molecule has 20 nitrogen and oxygen atoms in total. The van der Waals surface area contributed by atoms with Crippen LogP contribution in [0.15, 0.2) is 42.9 Å². The van der Waals surface area contributed by atoms with Gasteiger partial charge < -0.3 is 63.0 Å². The Bertz CT molecular complexity index is 1620. The van der Waals surface area contributed by atoms with Crippen molar-refractivity contribution in [2.75, 3.05) is 13.2 Å². The number of nitrogens with two attached hydrogens (primary N) is 1. The van der Waals surface area contributed by atoms with E-state index in [0.717, 1.165) is 0 Å². The number of H-pyrrole nitrogens is 1. The molecule has 316 valence electrons. The summed E-state index contributed by atoms with van der Waals surface area (Å²) in [5.41, 5.74) is 6.83. The number of aliphatic carboxylic acids is 1. The third-order valence-electron chi connectivity index (χ3n) is 8.64. The van der Waals surface area contributed by atoms with Crippen LogP contribution in [0.25, 0.3) is 0 Å². The van der Waals surface area contributed by atoms with E-state index in [1.165, 1.54) is 19.4 Å². The van der Waals surface area contributed by atoms with Crippen LogP contribution in [0.4, 0.5) is 0 Å². The Hall–Kier alpha value is -5.44. The number of imidazole rings is 1. The lowest BCUT2D eigenvalue weighted by Gasteiger charge is -2.28. The van der Waals surface area contributed by atoms with Gasteiger partial charge in [0.1, 0.15) is 42.3 Å². The Balaban J connectivity index is 2.32. The van der Waals surface area contributed by atoms with Gasteiger partial charge in [0.2, 0.25) is 35.4 Å². The smallest absolute Gasteiger partial charge is 0.328 e. The number of carbonyl (C=O) groups excluding carboxylic acids is 6. The fourth-order valence-corrected chi connectivity index (χ4v) is 5.52. The fourth-order valence-electron chi connectivity index (χ4n) is 5.52. The Labute approximate surface area is 330 Å². The van der Waals surface area contributed by atoms with Gasteiger partial charge in [0.25, 0.3) is 0 Å². The summed E-state index contributed by atoms with van der Waals surface area (Å²) in [6.45, 7) is 6.57. The minimum absolute atomic E-state index is 0.0621. The molecule has 0 aliphatic rings. The number of carboxylic acids is 1. The first-order chi connectivity index (χ1) is 26.9. The molecule has 1 aromatic carbocycles. The average Bonchev–Trinajstić information content (AvgIpc) is 3.67. The Kier molecular flexibility index (Phi) is 19.7. The molecule has 0 fully saturated rings. The topological polar surface area (TPSA) is 327 Å². The number of rotatable bonds is 24. The number of aromatic amines is 1. The van der Waals surface area contributed by atoms with E-state index < -0.39 is 103 Å². The summed E-state index contributed by atoms with van der Waals surface area (Å²) in [5.74, 6) is -7.01. The van der Waals surface area contributed by atoms with Gasteiger partial charge in [-0.15, -0.1) is 0 Å². The normalized spacial score (nSPS) is 15.5. The number of benzene rings is 1. The van der Waals surface area contributed by atoms with Crippen molar-refractivity contribution in [2.24, 2.45) is 17.6 Å². The van der Waals surface area contributed by atoms with E-state index in [1.54, 1.807) is 58.0 Å². The zero-order chi connectivity index (χ0) is 42.8. The second kappa shape index (κ2) is 23.6. The number of carbonyl (C=O) groups is 7. The summed E-state index contributed by atoms with van der Waals surface area (Å²) in [4.78, 5) is 98.7. The SMILES string of the molecule is CC(C)CC(NC(=O)C(Cc1ccccc1)NC(=O)C(CO)NC(=O)C(CC(C)C)NC(=O)C(Cc1cnc[nH]1)NC(=O)C(N)C(C)O)C(=O)NC(CO)C(=O)O. The molecule has 8 atom stereocenters. The number of nitrogens with zero attached hydrogens (tertiary/aromatic N) is 1. The highest BCUT2D eigenvalue weighted by Crippen LogP contribution is 2.11. The maximum Gasteiger partial charge on any atom is 0.328 e. The van der Waals surface area contributed by atoms with Gasteiger partial charge in [-0.3, -0.25) is 28.8 Å². The predicted molar refractivity (Wildman–Crippen MR) is 204 cm³/mol. The van der Waals surface area contributed by atoms with Crippen LogP contribution in [0.5, 0.6) is 0 Å². The number of hydrogen-bond donors (Lipinski definition) is 12. The van der Waals surface area contributed by atoms with E-state index in [1.807, 2.05) is 0 Å². The fraction of sp³-hybridized carbons (Fsp3) is 0.568. The molecule has 6 amide bonds. The zero-order valence-corrected chi connectivity index (χ0v) is 32.7. The second-order valence-electron chi connectivity index (χ2n) is 14.6. The van der Waals surface area contributed by atoms with E-state index in [9.17, 15) is 54.0 Å². The molecule has 0 bridgehead atoms. The standard InChI is InChI=1S/C37H57N9O11/c1-19(2)11-24(42-34(53)27(14-23-15-39-18-40-23)44-36(55)30(38)21(5)49)31(50)45-28(16-47)35(54)43-26(13-22-9-7-6-8-10-22)33(52)41-25(12-20(3)4)32(51)46-29(17-48)37(56)57/h6-10,15,18-21,24-30,47-49H,11-14,16-17,38H2,1-5H3,(H,39,40)(H,41,52)(H,42,53)(H,43,54)(H,44,55)(H,45,50)(H,46,51)(H,56,57). The largest absolute Gasteiger partial charge is 0.480 e. The minimum atomic E-state index is -1.63. The molecule has 2 rings (SSSR count). The summed E-state index contributed by atoms with van der Waals surface area (Å²) >= 11 is 0. The number of carboxylic acid groups (broad SMARTS) is 1. The Morgan fingerprint density at radius 2 is 1.05 bits per heavy atom. The monoisotopic (exact) mass is 803 g/mol. The lowest BCUT2D eigenvalue weighted by molar-refractivity contribution is -0.143. The second-order valence-corrected chi connectivity index (χ2v) is 14.6. The van der Waals surface area contributed by atoms with Gasteiger partial charge >= 0.3 is 5.97 Å². The molecule has 1 heterocycles. The number of aliphatic hydroxyl groups excluding tert-OH is 3. The number of hydrogen-bond acceptors (Lipinski definition) is 12. The summed E-state index contributed by atoms with van der Waals surface area (Å²) in [7, 11) is 0. The molecule has 0 aliphatic heterocycles. The van der Waals surface area contributed by atoms with Crippen molar-refractivity contribution in [1.29, 1.82) is 0 Å². The average molecular weight is 804 g/mol. The predicted octanol–water partition coefficient (Wildman–Crippen LogP) is -3.03. The number of amides is 6. The van der Waals surface area contributed by atoms with Gasteiger partial charge in [0, 0.05) is 24.7 Å². The molecule has 0 radical (unpaired) electrons. The lowest BCUT2D eigenvalue weighted by atomic mass is 10.0. The molecular weight excluding hydrogens is 746 g/mol. The molecule has 1 aromatic heterocycles. The third-order valence-corrected chi connectivity index (χ3v) is 8.64. The van der Waals surface area contributed by atoms with E-state index in [0.29, 0.717) is 11.3 Å². The maximum absolute atomic E-state index is 13.8. The van der Waals surface area contributed by atoms with Gasteiger partial charge in [-0.25, -0.2) is 9.78 Å². The quantitative estimate of drug-likeness (QED) is 0.0503. The van der Waals surface area contributed by atoms with E-state index in [4.69, 9.17) is 5.73 Å². The zero-order valence-electron chi connectivity index (χ0n) is 32.7. The molecule has 0 aliphatic carbocycles. The van der Waals surface area contributed by atoms with Crippen LogP contribution >= 0.6 is 0 Å². The summed E-state index contributed by atoms with van der Waals surface area (Å²) in [6, 6.07) is -1.29. The molecule has 0 spiro atoms. The van der Waals surface area contributed by atoms with Crippen molar-refractivity contribution in [3.63, 3.8) is 0 Å². The highest BCUT2D eigenvalue weighted by molar-refractivity contribution is 5.97. The third kappa shape index (κ3) is 16.3. The van der Waals surface area contributed by atoms with Gasteiger partial charge in [-0.2, -0.15) is 0 Å². The Morgan fingerprint density at radius 3 is 1.49 bits per heavy atom. The van der Waals surface area contributed by atoms with Crippen molar-refractivity contribution >= 4 is 41.4 Å². The van der Waals surface area contributed by atoms with Crippen molar-refractivity contribution in [1.82, 2.24) is 41.9 Å². The number of aliphatic hydroxyl groups is 3. The van der Waals surface area contributed by atoms with Crippen LogP contribution < -0.4 is 37.6 Å². The van der Waals surface area contributed by atoms with Gasteiger partial charge in [0.15, 0.2) is 0 Å².